The van der Waals surface area contributed by atoms with Crippen molar-refractivity contribution in [2.45, 2.75) is 45.8 Å². The van der Waals surface area contributed by atoms with E-state index in [1.165, 1.54) is 0 Å². The van der Waals surface area contributed by atoms with E-state index in [0.29, 0.717) is 24.5 Å². The van der Waals surface area contributed by atoms with Crippen LogP contribution in [0.15, 0.2) is 12.3 Å². The van der Waals surface area contributed by atoms with Crippen LogP contribution in [-0.4, -0.2) is 41.2 Å². The Bertz CT molecular complexity index is 466. The van der Waals surface area contributed by atoms with Crippen molar-refractivity contribution >= 4 is 11.6 Å². The van der Waals surface area contributed by atoms with Crippen molar-refractivity contribution in [2.75, 3.05) is 25.4 Å². The van der Waals surface area contributed by atoms with Gasteiger partial charge in [-0.2, -0.15) is 0 Å². The number of nitrogen functional groups attached to an aromatic ring is 1. The van der Waals surface area contributed by atoms with Gasteiger partial charge in [0.2, 0.25) is 0 Å². The second kappa shape index (κ2) is 6.31. The van der Waals surface area contributed by atoms with Gasteiger partial charge in [-0.3, -0.25) is 4.79 Å². The number of rotatable bonds is 4. The molecule has 1 saturated heterocycles. The molecule has 2 N–H and O–H groups in total. The van der Waals surface area contributed by atoms with Gasteiger partial charge in [0, 0.05) is 31.9 Å². The largest absolute Gasteiger partial charge is 0.397 e. The number of nitrogens with zero attached hydrogens (tertiary/aromatic N) is 2. The number of hydrogen-bond donors (Lipinski definition) is 1. The van der Waals surface area contributed by atoms with Crippen molar-refractivity contribution < 1.29 is 9.53 Å². The molecule has 5 nitrogen and oxygen atoms in total. The van der Waals surface area contributed by atoms with Gasteiger partial charge in [-0.1, -0.05) is 0 Å². The van der Waals surface area contributed by atoms with Crippen LogP contribution in [0.2, 0.25) is 0 Å². The lowest BCUT2D eigenvalue weighted by atomic mass is 10.1. The number of ether oxygens (including phenoxy) is 1. The van der Waals surface area contributed by atoms with Crippen LogP contribution in [0, 0.1) is 0 Å². The summed E-state index contributed by atoms with van der Waals surface area (Å²) in [5, 5.41) is 0. The lowest BCUT2D eigenvalue weighted by Crippen LogP contribution is -2.43. The Hall–Kier alpha value is -1.49. The lowest BCUT2D eigenvalue weighted by molar-refractivity contribution is 0.00682. The van der Waals surface area contributed by atoms with Gasteiger partial charge in [0.25, 0.3) is 5.91 Å². The number of piperidine rings is 1. The normalized spacial score (nSPS) is 19.6. The van der Waals surface area contributed by atoms with Gasteiger partial charge in [-0.15, -0.1) is 0 Å². The third kappa shape index (κ3) is 3.15. The van der Waals surface area contributed by atoms with Crippen molar-refractivity contribution in [3.8, 4) is 0 Å². The van der Waals surface area contributed by atoms with Gasteiger partial charge >= 0.3 is 0 Å². The van der Waals surface area contributed by atoms with Gasteiger partial charge in [0.15, 0.2) is 0 Å². The minimum Gasteiger partial charge on any atom is -0.397 e. The molecule has 1 fully saturated rings. The van der Waals surface area contributed by atoms with Gasteiger partial charge < -0.3 is 19.9 Å². The molecule has 1 aliphatic heterocycles. The molecule has 1 aromatic rings. The number of carbonyl (C=O) groups is 1. The van der Waals surface area contributed by atoms with E-state index in [9.17, 15) is 4.79 Å². The highest BCUT2D eigenvalue weighted by Gasteiger charge is 2.27. The molecule has 0 saturated carbocycles. The summed E-state index contributed by atoms with van der Waals surface area (Å²) in [5.74, 6) is 0.0554. The summed E-state index contributed by atoms with van der Waals surface area (Å²) in [4.78, 5) is 14.6. The number of hydrogen-bond acceptors (Lipinski definition) is 3. The Balaban J connectivity index is 2.14. The average molecular weight is 279 g/mol. The van der Waals surface area contributed by atoms with Crippen LogP contribution >= 0.6 is 0 Å². The van der Waals surface area contributed by atoms with Crippen molar-refractivity contribution in [1.82, 2.24) is 9.47 Å². The first kappa shape index (κ1) is 14.9. The molecule has 0 aliphatic carbocycles. The predicted molar refractivity (Wildman–Crippen MR) is 79.8 cm³/mol. The van der Waals surface area contributed by atoms with Crippen LogP contribution in [0.4, 0.5) is 5.69 Å². The van der Waals surface area contributed by atoms with E-state index in [4.69, 9.17) is 10.5 Å². The number of amides is 1. The molecule has 0 bridgehead atoms. The number of aromatic nitrogens is 1. The van der Waals surface area contributed by atoms with Crippen molar-refractivity contribution in [3.05, 3.63) is 18.0 Å². The van der Waals surface area contributed by atoms with Gasteiger partial charge in [0.05, 0.1) is 11.8 Å². The van der Waals surface area contributed by atoms with E-state index in [1.54, 1.807) is 6.07 Å². The average Bonchev–Trinajstić information content (AvgIpc) is 2.81. The van der Waals surface area contributed by atoms with E-state index >= 15 is 0 Å². The van der Waals surface area contributed by atoms with E-state index < -0.39 is 0 Å². The topological polar surface area (TPSA) is 60.5 Å². The molecule has 2 heterocycles. The Morgan fingerprint density at radius 2 is 2.30 bits per heavy atom. The van der Waals surface area contributed by atoms with E-state index in [1.807, 2.05) is 22.6 Å². The third-order valence-corrected chi connectivity index (χ3v) is 3.71. The predicted octanol–water partition coefficient (Wildman–Crippen LogP) is 2.29. The van der Waals surface area contributed by atoms with Crippen LogP contribution in [0.3, 0.4) is 0 Å². The molecule has 0 radical (unpaired) electrons. The Labute approximate surface area is 120 Å². The zero-order valence-electron chi connectivity index (χ0n) is 12.6. The summed E-state index contributed by atoms with van der Waals surface area (Å²) in [6.45, 7) is 8.26. The van der Waals surface area contributed by atoms with Crippen LogP contribution in [0.25, 0.3) is 0 Å². The number of anilines is 1. The first-order valence-electron chi connectivity index (χ1n) is 7.41. The molecule has 5 heteroatoms. The second-order valence-corrected chi connectivity index (χ2v) is 5.63. The fraction of sp³-hybridized carbons (Fsp3) is 0.667. The molecular weight excluding hydrogens is 254 g/mol. The molecule has 0 spiro atoms. The number of carbonyl (C=O) groups excluding carboxylic acids is 1. The first-order valence-corrected chi connectivity index (χ1v) is 7.41. The SMILES string of the molecule is CCOC1CCCN(C(=O)c2cc(N)cn2C(C)C)C1. The monoisotopic (exact) mass is 279 g/mol. The van der Waals surface area contributed by atoms with Crippen molar-refractivity contribution in [1.29, 1.82) is 0 Å². The fourth-order valence-electron chi connectivity index (χ4n) is 2.76. The molecule has 1 amide bonds. The van der Waals surface area contributed by atoms with Crippen LogP contribution in [0.5, 0.6) is 0 Å². The molecule has 1 unspecified atom stereocenters. The standard InChI is InChI=1S/C15H25N3O2/c1-4-20-13-6-5-7-17(10-13)15(19)14-8-12(16)9-18(14)11(2)3/h8-9,11,13H,4-7,10,16H2,1-3H3. The van der Waals surface area contributed by atoms with Crippen molar-refractivity contribution in [3.63, 3.8) is 0 Å². The van der Waals surface area contributed by atoms with Crippen LogP contribution < -0.4 is 5.73 Å². The number of nitrogens with two attached hydrogens (primary N) is 1. The highest BCUT2D eigenvalue weighted by Crippen LogP contribution is 2.21. The summed E-state index contributed by atoms with van der Waals surface area (Å²) in [6, 6.07) is 1.99. The van der Waals surface area contributed by atoms with Gasteiger partial charge in [0.1, 0.15) is 5.69 Å². The minimum absolute atomic E-state index is 0.0554. The van der Waals surface area contributed by atoms with Gasteiger partial charge in [-0.25, -0.2) is 0 Å². The van der Waals surface area contributed by atoms with Crippen LogP contribution in [0.1, 0.15) is 50.1 Å². The molecule has 2 rings (SSSR count). The van der Waals surface area contributed by atoms with E-state index in [0.717, 1.165) is 19.4 Å². The summed E-state index contributed by atoms with van der Waals surface area (Å²) in [6.07, 6.45) is 4.03. The van der Waals surface area contributed by atoms with E-state index in [-0.39, 0.29) is 18.1 Å². The van der Waals surface area contributed by atoms with Crippen molar-refractivity contribution in [2.24, 2.45) is 0 Å². The Morgan fingerprint density at radius 1 is 1.55 bits per heavy atom. The maximum Gasteiger partial charge on any atom is 0.270 e. The fourth-order valence-corrected chi connectivity index (χ4v) is 2.76. The maximum atomic E-state index is 12.7. The van der Waals surface area contributed by atoms with Gasteiger partial charge in [-0.05, 0) is 39.7 Å². The molecule has 1 aliphatic rings. The molecule has 112 valence electrons. The first-order chi connectivity index (χ1) is 9.52. The van der Waals surface area contributed by atoms with E-state index in [2.05, 4.69) is 13.8 Å². The zero-order valence-corrected chi connectivity index (χ0v) is 12.6. The summed E-state index contributed by atoms with van der Waals surface area (Å²) >= 11 is 0. The quantitative estimate of drug-likeness (QED) is 0.920. The molecular formula is C15H25N3O2. The molecule has 1 atom stereocenters. The minimum atomic E-state index is 0.0554. The maximum absolute atomic E-state index is 12.7. The summed E-state index contributed by atoms with van der Waals surface area (Å²) < 4.78 is 7.60. The Kier molecular flexibility index (Phi) is 4.70. The highest BCUT2D eigenvalue weighted by molar-refractivity contribution is 5.94. The zero-order chi connectivity index (χ0) is 14.7. The Morgan fingerprint density at radius 3 is 2.95 bits per heavy atom. The second-order valence-electron chi connectivity index (χ2n) is 5.63. The van der Waals surface area contributed by atoms with Crippen LogP contribution in [-0.2, 0) is 4.74 Å². The smallest absolute Gasteiger partial charge is 0.270 e. The molecule has 20 heavy (non-hydrogen) atoms. The highest BCUT2D eigenvalue weighted by atomic mass is 16.5. The third-order valence-electron chi connectivity index (χ3n) is 3.71. The number of likely N-dealkylation sites (tertiary alicyclic amines) is 1. The summed E-state index contributed by atoms with van der Waals surface area (Å²) in [5.41, 5.74) is 7.16. The lowest BCUT2D eigenvalue weighted by Gasteiger charge is -2.32. The molecule has 0 aromatic carbocycles. The molecule has 1 aromatic heterocycles. The summed E-state index contributed by atoms with van der Waals surface area (Å²) in [7, 11) is 0.